The Morgan fingerprint density at radius 1 is 1.21 bits per heavy atom. The summed E-state index contributed by atoms with van der Waals surface area (Å²) in [7, 11) is 0. The number of halogens is 2. The number of nitrogens with zero attached hydrogens (tertiary/aromatic N) is 5. The second kappa shape index (κ2) is 8.90. The summed E-state index contributed by atoms with van der Waals surface area (Å²) in [6, 6.07) is 12.8. The van der Waals surface area contributed by atoms with Gasteiger partial charge in [0.05, 0.1) is 29.9 Å². The lowest BCUT2D eigenvalue weighted by molar-refractivity contribution is 0.0946. The van der Waals surface area contributed by atoms with E-state index in [2.05, 4.69) is 16.3 Å². The first-order valence-electron chi connectivity index (χ1n) is 10.1. The molecule has 34 heavy (non-hydrogen) atoms. The average molecular weight is 464 g/mol. The van der Waals surface area contributed by atoms with Crippen LogP contribution >= 0.6 is 0 Å². The summed E-state index contributed by atoms with van der Waals surface area (Å²) in [6.45, 7) is 0.938. The second-order valence-corrected chi connectivity index (χ2v) is 7.60. The van der Waals surface area contributed by atoms with Gasteiger partial charge in [-0.15, -0.1) is 5.10 Å². The minimum absolute atomic E-state index is 0.0479. The Bertz CT molecular complexity index is 1430. The molecule has 2 heterocycles. The predicted octanol–water partition coefficient (Wildman–Crippen LogP) is 2.95. The van der Waals surface area contributed by atoms with Crippen molar-refractivity contribution in [1.29, 1.82) is 10.5 Å². The van der Waals surface area contributed by atoms with Crippen molar-refractivity contribution < 1.29 is 19.0 Å². The molecule has 0 aliphatic carbocycles. The molecule has 2 atom stereocenters. The van der Waals surface area contributed by atoms with Crippen LogP contribution < -0.4 is 10.6 Å². The third-order valence-corrected chi connectivity index (χ3v) is 5.69. The van der Waals surface area contributed by atoms with E-state index in [1.165, 1.54) is 45.9 Å². The Labute approximate surface area is 192 Å². The number of allylic oxidation sites excluding steroid dienone is 2. The van der Waals surface area contributed by atoms with E-state index in [9.17, 15) is 34.3 Å². The van der Waals surface area contributed by atoms with E-state index in [0.717, 1.165) is 0 Å². The molecule has 3 N–H and O–H groups in total. The molecule has 1 unspecified atom stereocenters. The zero-order valence-electron chi connectivity index (χ0n) is 17.8. The maximum absolute atomic E-state index is 13.3. The standard InChI is InChI=1S/C23H18F2N6O3/c1-12-18(10-27)20(16-6-5-13(9-26)7-17(16)19(33)11-32)31-22(28-29-23(31)34)30(12)15-4-2-3-14(8-15)21(24)25/h2-8,19-21,32-33H,11H2,1H3,(H,29,34)/t19?,20-/m1/s1. The lowest BCUT2D eigenvalue weighted by atomic mass is 9.89. The normalized spacial score (nSPS) is 16.2. The number of hydrogen-bond donors (Lipinski definition) is 3. The molecule has 0 saturated carbocycles. The molecule has 1 aliphatic rings. The number of anilines is 2. The van der Waals surface area contributed by atoms with Crippen molar-refractivity contribution in [3.63, 3.8) is 0 Å². The molecule has 11 heteroatoms. The highest BCUT2D eigenvalue weighted by Gasteiger charge is 2.37. The van der Waals surface area contributed by atoms with Gasteiger partial charge in [-0.25, -0.2) is 23.2 Å². The minimum Gasteiger partial charge on any atom is -0.393 e. The van der Waals surface area contributed by atoms with Gasteiger partial charge in [0.1, 0.15) is 12.1 Å². The van der Waals surface area contributed by atoms with Crippen molar-refractivity contribution in [3.8, 4) is 12.1 Å². The first-order chi connectivity index (χ1) is 16.3. The molecule has 172 valence electrons. The van der Waals surface area contributed by atoms with Gasteiger partial charge in [-0.1, -0.05) is 18.2 Å². The smallest absolute Gasteiger partial charge is 0.345 e. The number of aliphatic hydroxyl groups is 2. The minimum atomic E-state index is -2.72. The maximum Gasteiger partial charge on any atom is 0.345 e. The van der Waals surface area contributed by atoms with Crippen LogP contribution in [0.15, 0.2) is 58.5 Å². The zero-order chi connectivity index (χ0) is 24.6. The van der Waals surface area contributed by atoms with Crippen molar-refractivity contribution in [3.05, 3.63) is 86.5 Å². The lowest BCUT2D eigenvalue weighted by Gasteiger charge is -2.35. The van der Waals surface area contributed by atoms with Gasteiger partial charge in [-0.3, -0.25) is 4.90 Å². The Balaban J connectivity index is 2.00. The van der Waals surface area contributed by atoms with E-state index >= 15 is 0 Å². The molecule has 9 nitrogen and oxygen atoms in total. The van der Waals surface area contributed by atoms with Gasteiger partial charge in [-0.05, 0) is 42.3 Å². The van der Waals surface area contributed by atoms with Crippen LogP contribution in [0.4, 0.5) is 20.4 Å². The molecular weight excluding hydrogens is 446 g/mol. The van der Waals surface area contributed by atoms with Gasteiger partial charge in [0.2, 0.25) is 5.95 Å². The number of benzene rings is 2. The second-order valence-electron chi connectivity index (χ2n) is 7.60. The van der Waals surface area contributed by atoms with E-state index < -0.39 is 30.9 Å². The summed E-state index contributed by atoms with van der Waals surface area (Å²) in [6.07, 6.45) is -4.10. The Kier molecular flexibility index (Phi) is 5.99. The average Bonchev–Trinajstić information content (AvgIpc) is 3.23. The number of rotatable bonds is 5. The van der Waals surface area contributed by atoms with Gasteiger partial charge in [0, 0.05) is 16.9 Å². The number of aromatic nitrogens is 3. The summed E-state index contributed by atoms with van der Waals surface area (Å²) in [5.41, 5.74) is 0.471. The molecule has 4 rings (SSSR count). The van der Waals surface area contributed by atoms with Crippen molar-refractivity contribution >= 4 is 11.6 Å². The van der Waals surface area contributed by atoms with Crippen molar-refractivity contribution in [2.24, 2.45) is 0 Å². The largest absolute Gasteiger partial charge is 0.393 e. The molecule has 0 saturated heterocycles. The fourth-order valence-electron chi connectivity index (χ4n) is 4.11. The summed E-state index contributed by atoms with van der Waals surface area (Å²) in [4.78, 5) is 14.3. The maximum atomic E-state index is 13.3. The molecule has 0 fully saturated rings. The number of aromatic amines is 1. The van der Waals surface area contributed by atoms with Gasteiger partial charge in [-0.2, -0.15) is 10.5 Å². The molecule has 0 spiro atoms. The molecule has 0 radical (unpaired) electrons. The summed E-state index contributed by atoms with van der Waals surface area (Å²) >= 11 is 0. The molecule has 1 aliphatic heterocycles. The molecule has 3 aromatic rings. The van der Waals surface area contributed by atoms with Crippen LogP contribution in [0.1, 0.15) is 47.7 Å². The van der Waals surface area contributed by atoms with E-state index in [4.69, 9.17) is 0 Å². The van der Waals surface area contributed by atoms with E-state index in [1.54, 1.807) is 13.0 Å². The summed E-state index contributed by atoms with van der Waals surface area (Å²) < 4.78 is 27.8. The van der Waals surface area contributed by atoms with E-state index in [-0.39, 0.29) is 33.9 Å². The predicted molar refractivity (Wildman–Crippen MR) is 116 cm³/mol. The van der Waals surface area contributed by atoms with Crippen molar-refractivity contribution in [1.82, 2.24) is 14.8 Å². The summed E-state index contributed by atoms with van der Waals surface area (Å²) in [5.74, 6) is 0.0479. The van der Waals surface area contributed by atoms with Crippen LogP contribution in [0, 0.1) is 22.7 Å². The molecule has 2 aromatic carbocycles. The fourth-order valence-corrected chi connectivity index (χ4v) is 4.11. The first-order valence-corrected chi connectivity index (χ1v) is 10.1. The third-order valence-electron chi connectivity index (χ3n) is 5.69. The van der Waals surface area contributed by atoms with Crippen LogP contribution in [0.2, 0.25) is 0 Å². The van der Waals surface area contributed by atoms with Gasteiger partial charge >= 0.3 is 5.69 Å². The Hall–Kier alpha value is -4.32. The van der Waals surface area contributed by atoms with Crippen molar-refractivity contribution in [2.75, 3.05) is 11.5 Å². The molecular formula is C23H18F2N6O3. The topological polar surface area (TPSA) is 142 Å². The first kappa shape index (κ1) is 22.9. The Morgan fingerprint density at radius 3 is 2.62 bits per heavy atom. The van der Waals surface area contributed by atoms with E-state index in [0.29, 0.717) is 11.3 Å². The van der Waals surface area contributed by atoms with Crippen LogP contribution in [0.25, 0.3) is 0 Å². The highest BCUT2D eigenvalue weighted by Crippen LogP contribution is 2.43. The molecule has 1 aromatic heterocycles. The summed E-state index contributed by atoms with van der Waals surface area (Å²) in [5, 5.41) is 45.7. The number of alkyl halides is 2. The number of hydrogen-bond acceptors (Lipinski definition) is 7. The Morgan fingerprint density at radius 2 is 1.97 bits per heavy atom. The molecule has 0 bridgehead atoms. The zero-order valence-corrected chi connectivity index (χ0v) is 17.8. The van der Waals surface area contributed by atoms with Gasteiger partial charge in [0.25, 0.3) is 6.43 Å². The van der Waals surface area contributed by atoms with Crippen LogP contribution in [-0.4, -0.2) is 31.6 Å². The number of aliphatic hydroxyl groups excluding tert-OH is 2. The monoisotopic (exact) mass is 464 g/mol. The van der Waals surface area contributed by atoms with Crippen molar-refractivity contribution in [2.45, 2.75) is 25.5 Å². The van der Waals surface area contributed by atoms with Gasteiger partial charge < -0.3 is 10.2 Å². The fraction of sp³-hybridized carbons (Fsp3) is 0.217. The highest BCUT2D eigenvalue weighted by atomic mass is 19.3. The highest BCUT2D eigenvalue weighted by molar-refractivity contribution is 5.69. The van der Waals surface area contributed by atoms with Crippen LogP contribution in [0.5, 0.6) is 0 Å². The SMILES string of the molecule is CC1=C(C#N)[C@@H](c2ccc(C#N)cc2C(O)CO)n2c(n[nH]c2=O)N1c1cccc(C(F)F)c1. The van der Waals surface area contributed by atoms with Crippen LogP contribution in [-0.2, 0) is 0 Å². The third kappa shape index (κ3) is 3.63. The number of H-pyrrole nitrogens is 1. The lowest BCUT2D eigenvalue weighted by Crippen LogP contribution is -2.35. The number of nitrogens with one attached hydrogen (secondary N) is 1. The number of nitriles is 2. The molecule has 0 amide bonds. The quantitative estimate of drug-likeness (QED) is 0.527. The number of fused-ring (bicyclic) bond motifs is 1. The van der Waals surface area contributed by atoms with E-state index in [1.807, 2.05) is 6.07 Å². The van der Waals surface area contributed by atoms with Crippen LogP contribution in [0.3, 0.4) is 0 Å². The van der Waals surface area contributed by atoms with Gasteiger partial charge in [0.15, 0.2) is 0 Å².